The van der Waals surface area contributed by atoms with Crippen molar-refractivity contribution in [3.63, 3.8) is 0 Å². The van der Waals surface area contributed by atoms with Crippen LogP contribution in [0.2, 0.25) is 0 Å². The average Bonchev–Trinajstić information content (AvgIpc) is 2.82. The minimum absolute atomic E-state index is 0.0741. The number of para-hydroxylation sites is 1. The molecular weight excluding hydrogens is 190 g/mol. The molecular formula is C11H11N3O. The van der Waals surface area contributed by atoms with E-state index in [-0.39, 0.29) is 5.91 Å². The lowest BCUT2D eigenvalue weighted by atomic mass is 10.2. The van der Waals surface area contributed by atoms with Crippen molar-refractivity contribution in [2.45, 2.75) is 0 Å². The number of rotatable bonds is 2. The fourth-order valence-electron chi connectivity index (χ4n) is 1.33. The molecule has 2 rings (SSSR count). The van der Waals surface area contributed by atoms with E-state index in [1.807, 2.05) is 30.3 Å². The number of carbonyl (C=O) groups excluding carboxylic acids is 1. The van der Waals surface area contributed by atoms with E-state index in [9.17, 15) is 4.79 Å². The first-order valence-electron chi connectivity index (χ1n) is 4.61. The van der Waals surface area contributed by atoms with Crippen LogP contribution >= 0.6 is 0 Å². The van der Waals surface area contributed by atoms with Gasteiger partial charge >= 0.3 is 0 Å². The number of benzene rings is 1. The number of H-pyrrole nitrogens is 1. The van der Waals surface area contributed by atoms with Gasteiger partial charge in [-0.05, 0) is 12.1 Å². The molecule has 4 heteroatoms. The maximum atomic E-state index is 11.9. The van der Waals surface area contributed by atoms with E-state index in [4.69, 9.17) is 0 Å². The molecule has 0 unspecified atom stereocenters. The van der Waals surface area contributed by atoms with Crippen LogP contribution in [0.3, 0.4) is 0 Å². The maximum absolute atomic E-state index is 11.9. The van der Waals surface area contributed by atoms with Gasteiger partial charge in [0.25, 0.3) is 5.91 Å². The van der Waals surface area contributed by atoms with Crippen LogP contribution in [0.4, 0.5) is 5.69 Å². The van der Waals surface area contributed by atoms with Crippen molar-refractivity contribution in [1.29, 1.82) is 0 Å². The van der Waals surface area contributed by atoms with Crippen LogP contribution in [0.5, 0.6) is 0 Å². The third-order valence-corrected chi connectivity index (χ3v) is 2.19. The topological polar surface area (TPSA) is 49.0 Å². The lowest BCUT2D eigenvalue weighted by Gasteiger charge is -2.15. The normalized spacial score (nSPS) is 9.93. The van der Waals surface area contributed by atoms with Crippen molar-refractivity contribution in [2.24, 2.45) is 0 Å². The van der Waals surface area contributed by atoms with E-state index < -0.39 is 0 Å². The molecule has 0 fully saturated rings. The number of nitrogens with zero attached hydrogens (tertiary/aromatic N) is 2. The Kier molecular flexibility index (Phi) is 2.49. The Morgan fingerprint density at radius 2 is 2.07 bits per heavy atom. The van der Waals surface area contributed by atoms with E-state index in [1.54, 1.807) is 18.1 Å². The van der Waals surface area contributed by atoms with Crippen LogP contribution in [-0.2, 0) is 0 Å². The van der Waals surface area contributed by atoms with Crippen molar-refractivity contribution in [3.05, 3.63) is 48.3 Å². The summed E-state index contributed by atoms with van der Waals surface area (Å²) in [6.07, 6.45) is 3.10. The zero-order valence-electron chi connectivity index (χ0n) is 8.34. The number of anilines is 1. The Hall–Kier alpha value is -2.10. The standard InChI is InChI=1S/C11H11N3O/c1-14(10-5-3-2-4-6-10)11(15)9-7-12-13-8-9/h2-8H,1H3,(H,12,13). The number of hydrogen-bond acceptors (Lipinski definition) is 2. The Morgan fingerprint density at radius 1 is 1.33 bits per heavy atom. The zero-order chi connectivity index (χ0) is 10.7. The SMILES string of the molecule is CN(C(=O)c1cn[nH]c1)c1ccccc1. The van der Waals surface area contributed by atoms with E-state index in [0.717, 1.165) is 5.69 Å². The van der Waals surface area contributed by atoms with E-state index >= 15 is 0 Å². The van der Waals surface area contributed by atoms with Gasteiger partial charge < -0.3 is 4.90 Å². The van der Waals surface area contributed by atoms with Crippen LogP contribution in [0.25, 0.3) is 0 Å². The van der Waals surface area contributed by atoms with Gasteiger partial charge in [0.05, 0.1) is 11.8 Å². The lowest BCUT2D eigenvalue weighted by Crippen LogP contribution is -2.25. The Labute approximate surface area is 87.5 Å². The van der Waals surface area contributed by atoms with Crippen molar-refractivity contribution < 1.29 is 4.79 Å². The van der Waals surface area contributed by atoms with Crippen molar-refractivity contribution in [3.8, 4) is 0 Å². The van der Waals surface area contributed by atoms with Gasteiger partial charge in [-0.15, -0.1) is 0 Å². The minimum atomic E-state index is -0.0741. The van der Waals surface area contributed by atoms with Gasteiger partial charge in [-0.3, -0.25) is 9.89 Å². The first-order chi connectivity index (χ1) is 7.29. The van der Waals surface area contributed by atoms with Gasteiger partial charge in [0, 0.05) is 18.9 Å². The molecule has 15 heavy (non-hydrogen) atoms. The Morgan fingerprint density at radius 3 is 2.67 bits per heavy atom. The summed E-state index contributed by atoms with van der Waals surface area (Å²) in [6.45, 7) is 0. The fourth-order valence-corrected chi connectivity index (χ4v) is 1.33. The molecule has 0 aliphatic heterocycles. The molecule has 0 saturated carbocycles. The molecule has 0 aliphatic rings. The zero-order valence-corrected chi connectivity index (χ0v) is 8.34. The predicted octanol–water partition coefficient (Wildman–Crippen LogP) is 1.69. The lowest BCUT2D eigenvalue weighted by molar-refractivity contribution is 0.0993. The molecule has 2 aromatic rings. The second-order valence-electron chi connectivity index (χ2n) is 3.19. The highest BCUT2D eigenvalue weighted by Crippen LogP contribution is 2.13. The number of carbonyl (C=O) groups is 1. The Balaban J connectivity index is 2.23. The molecule has 0 bridgehead atoms. The fraction of sp³-hybridized carbons (Fsp3) is 0.0909. The van der Waals surface area contributed by atoms with Crippen molar-refractivity contribution >= 4 is 11.6 Å². The molecule has 1 N–H and O–H groups in total. The summed E-state index contributed by atoms with van der Waals surface area (Å²) in [5, 5.41) is 6.37. The quantitative estimate of drug-likeness (QED) is 0.803. The number of hydrogen-bond donors (Lipinski definition) is 1. The van der Waals surface area contributed by atoms with Gasteiger partial charge in [0.1, 0.15) is 0 Å². The predicted molar refractivity (Wildman–Crippen MR) is 57.8 cm³/mol. The highest BCUT2D eigenvalue weighted by molar-refractivity contribution is 6.05. The molecule has 4 nitrogen and oxygen atoms in total. The minimum Gasteiger partial charge on any atom is -0.311 e. The van der Waals surface area contributed by atoms with Gasteiger partial charge in [0.2, 0.25) is 0 Å². The van der Waals surface area contributed by atoms with Crippen molar-refractivity contribution in [1.82, 2.24) is 10.2 Å². The van der Waals surface area contributed by atoms with Gasteiger partial charge in [-0.2, -0.15) is 5.10 Å². The van der Waals surface area contributed by atoms with Gasteiger partial charge in [-0.1, -0.05) is 18.2 Å². The largest absolute Gasteiger partial charge is 0.311 e. The first kappa shape index (κ1) is 9.45. The highest BCUT2D eigenvalue weighted by atomic mass is 16.2. The molecule has 0 spiro atoms. The number of aromatic nitrogens is 2. The summed E-state index contributed by atoms with van der Waals surface area (Å²) in [5.41, 5.74) is 1.42. The third kappa shape index (κ3) is 1.88. The van der Waals surface area contributed by atoms with E-state index in [2.05, 4.69) is 10.2 Å². The summed E-state index contributed by atoms with van der Waals surface area (Å²) in [4.78, 5) is 13.5. The van der Waals surface area contributed by atoms with Crippen LogP contribution in [0, 0.1) is 0 Å². The molecule has 0 radical (unpaired) electrons. The average molecular weight is 201 g/mol. The number of aromatic amines is 1. The van der Waals surface area contributed by atoms with Crippen LogP contribution in [-0.4, -0.2) is 23.2 Å². The second-order valence-corrected chi connectivity index (χ2v) is 3.19. The molecule has 1 aromatic carbocycles. The smallest absolute Gasteiger partial charge is 0.261 e. The second kappa shape index (κ2) is 3.96. The monoisotopic (exact) mass is 201 g/mol. The van der Waals surface area contributed by atoms with Crippen LogP contribution in [0.1, 0.15) is 10.4 Å². The molecule has 0 aliphatic carbocycles. The maximum Gasteiger partial charge on any atom is 0.261 e. The first-order valence-corrected chi connectivity index (χ1v) is 4.61. The Bertz CT molecular complexity index is 436. The molecule has 1 heterocycles. The third-order valence-electron chi connectivity index (χ3n) is 2.19. The summed E-state index contributed by atoms with van der Waals surface area (Å²) in [5.74, 6) is -0.0741. The van der Waals surface area contributed by atoms with E-state index in [1.165, 1.54) is 6.20 Å². The summed E-state index contributed by atoms with van der Waals surface area (Å²) < 4.78 is 0. The summed E-state index contributed by atoms with van der Waals surface area (Å²) in [7, 11) is 1.74. The highest BCUT2D eigenvalue weighted by Gasteiger charge is 2.13. The van der Waals surface area contributed by atoms with Crippen LogP contribution in [0.15, 0.2) is 42.7 Å². The molecule has 1 aromatic heterocycles. The van der Waals surface area contributed by atoms with E-state index in [0.29, 0.717) is 5.56 Å². The molecule has 0 atom stereocenters. The number of nitrogens with one attached hydrogen (secondary N) is 1. The summed E-state index contributed by atoms with van der Waals surface area (Å²) in [6, 6.07) is 9.48. The molecule has 0 saturated heterocycles. The molecule has 1 amide bonds. The van der Waals surface area contributed by atoms with Crippen LogP contribution < -0.4 is 4.90 Å². The molecule has 76 valence electrons. The van der Waals surface area contributed by atoms with Gasteiger partial charge in [-0.25, -0.2) is 0 Å². The van der Waals surface area contributed by atoms with Gasteiger partial charge in [0.15, 0.2) is 0 Å². The summed E-state index contributed by atoms with van der Waals surface area (Å²) >= 11 is 0. The number of amides is 1. The van der Waals surface area contributed by atoms with Crippen molar-refractivity contribution in [2.75, 3.05) is 11.9 Å².